The summed E-state index contributed by atoms with van der Waals surface area (Å²) in [5.41, 5.74) is -1.78. The van der Waals surface area contributed by atoms with Gasteiger partial charge in [0.2, 0.25) is 0 Å². The summed E-state index contributed by atoms with van der Waals surface area (Å²) < 4.78 is 73.5. The molecule has 0 aliphatic carbocycles. The number of hydrogen-bond donors (Lipinski definition) is 1. The molecule has 4 rings (SSSR count). The van der Waals surface area contributed by atoms with E-state index < -0.39 is 21.8 Å². The molecule has 0 spiro atoms. The number of alkyl halides is 3. The molecule has 0 amide bonds. The molecule has 194 valence electrons. The fourth-order valence-corrected chi connectivity index (χ4v) is 6.62. The summed E-state index contributed by atoms with van der Waals surface area (Å²) in [5, 5.41) is 11.7. The minimum Gasteiger partial charge on any atom is -0.376 e. The second-order valence-corrected chi connectivity index (χ2v) is 11.7. The van der Waals surface area contributed by atoms with Crippen molar-refractivity contribution in [3.05, 3.63) is 77.4 Å². The van der Waals surface area contributed by atoms with E-state index in [-0.39, 0.29) is 42.1 Å². The highest BCUT2D eigenvalue weighted by Gasteiger charge is 2.51. The van der Waals surface area contributed by atoms with Crippen molar-refractivity contribution in [1.29, 1.82) is 0 Å². The molecule has 12 heteroatoms. The first-order valence-corrected chi connectivity index (χ1v) is 13.5. The Balaban J connectivity index is 1.55. The SMILES string of the molecule is CC(O)(c1ccc(N2CCN(S(=O)(=O)c3cccs3)C[C@@H]2COCc2cccnc2)cc1)C(F)(F)F. The van der Waals surface area contributed by atoms with Gasteiger partial charge in [-0.25, -0.2) is 8.42 Å². The number of sulfonamides is 1. The molecule has 3 heterocycles. The lowest BCUT2D eigenvalue weighted by Gasteiger charge is -2.42. The number of pyridine rings is 1. The van der Waals surface area contributed by atoms with Crippen LogP contribution in [0.2, 0.25) is 0 Å². The van der Waals surface area contributed by atoms with Gasteiger partial charge >= 0.3 is 6.18 Å². The Morgan fingerprint density at radius 1 is 1.14 bits per heavy atom. The molecule has 0 saturated carbocycles. The van der Waals surface area contributed by atoms with Crippen LogP contribution in [0.3, 0.4) is 0 Å². The number of ether oxygens (including phenoxy) is 1. The molecule has 1 unspecified atom stereocenters. The lowest BCUT2D eigenvalue weighted by Crippen LogP contribution is -2.56. The number of aliphatic hydroxyl groups is 1. The summed E-state index contributed by atoms with van der Waals surface area (Å²) in [4.78, 5) is 5.98. The Bertz CT molecular complexity index is 1240. The predicted octanol–water partition coefficient (Wildman–Crippen LogP) is 4.01. The van der Waals surface area contributed by atoms with E-state index in [9.17, 15) is 26.7 Å². The van der Waals surface area contributed by atoms with Crippen molar-refractivity contribution in [2.45, 2.75) is 35.6 Å². The van der Waals surface area contributed by atoms with E-state index in [1.165, 1.54) is 28.6 Å². The molecule has 3 aromatic rings. The van der Waals surface area contributed by atoms with Crippen LogP contribution in [0, 0.1) is 0 Å². The predicted molar refractivity (Wildman–Crippen MR) is 130 cm³/mol. The smallest absolute Gasteiger partial charge is 0.376 e. The number of hydrogen-bond acceptors (Lipinski definition) is 7. The molecule has 1 N–H and O–H groups in total. The second kappa shape index (κ2) is 10.5. The van der Waals surface area contributed by atoms with E-state index in [4.69, 9.17) is 4.74 Å². The van der Waals surface area contributed by atoms with Gasteiger partial charge in [0, 0.05) is 37.7 Å². The maximum absolute atomic E-state index is 13.2. The normalized spacial score (nSPS) is 19.2. The van der Waals surface area contributed by atoms with Crippen LogP contribution in [-0.4, -0.2) is 61.3 Å². The molecule has 7 nitrogen and oxygen atoms in total. The Hall–Kier alpha value is -2.51. The fraction of sp³-hybridized carbons (Fsp3) is 0.375. The number of aromatic nitrogens is 1. The molecule has 36 heavy (non-hydrogen) atoms. The van der Waals surface area contributed by atoms with E-state index in [1.807, 2.05) is 11.0 Å². The van der Waals surface area contributed by atoms with Gasteiger partial charge in [0.1, 0.15) is 4.21 Å². The van der Waals surface area contributed by atoms with Crippen molar-refractivity contribution in [3.63, 3.8) is 0 Å². The zero-order valence-corrected chi connectivity index (χ0v) is 21.1. The second-order valence-electron chi connectivity index (χ2n) is 8.64. The summed E-state index contributed by atoms with van der Waals surface area (Å²) in [6.45, 7) is 1.86. The molecule has 1 saturated heterocycles. The maximum Gasteiger partial charge on any atom is 0.421 e. The van der Waals surface area contributed by atoms with Gasteiger partial charge in [-0.1, -0.05) is 24.3 Å². The van der Waals surface area contributed by atoms with Gasteiger partial charge in [-0.05, 0) is 47.7 Å². The van der Waals surface area contributed by atoms with Crippen LogP contribution in [0.4, 0.5) is 18.9 Å². The molecule has 2 atom stereocenters. The number of piperazine rings is 1. The first kappa shape index (κ1) is 26.6. The first-order chi connectivity index (χ1) is 17.0. The monoisotopic (exact) mass is 541 g/mol. The molecule has 1 aromatic carbocycles. The standard InChI is InChI=1S/C24H26F3N3O4S2/c1-23(31,24(25,26)27)19-6-8-20(9-7-19)30-12-11-29(36(32,33)22-5-3-13-35-22)15-21(30)17-34-16-18-4-2-10-28-14-18/h2-10,13-14,21,31H,11-12,15-17H2,1H3/t21-,23?/m1/s1. The van der Waals surface area contributed by atoms with E-state index in [1.54, 1.807) is 36.0 Å². The molecule has 1 fully saturated rings. The summed E-state index contributed by atoms with van der Waals surface area (Å²) in [6.07, 6.45) is -1.49. The topological polar surface area (TPSA) is 83.0 Å². The number of thiophene rings is 1. The maximum atomic E-state index is 13.2. The summed E-state index contributed by atoms with van der Waals surface area (Å²) in [7, 11) is -3.68. The van der Waals surface area contributed by atoms with Gasteiger partial charge in [-0.3, -0.25) is 4.98 Å². The number of halogens is 3. The average molecular weight is 542 g/mol. The van der Waals surface area contributed by atoms with Crippen molar-refractivity contribution in [3.8, 4) is 0 Å². The van der Waals surface area contributed by atoms with E-state index in [0.717, 1.165) is 16.9 Å². The van der Waals surface area contributed by atoms with Crippen molar-refractivity contribution in [2.24, 2.45) is 0 Å². The fourth-order valence-electron chi connectivity index (χ4n) is 4.00. The van der Waals surface area contributed by atoms with Gasteiger partial charge in [0.05, 0.1) is 19.3 Å². The van der Waals surface area contributed by atoms with Crippen LogP contribution in [0.1, 0.15) is 18.1 Å². The lowest BCUT2D eigenvalue weighted by molar-refractivity contribution is -0.258. The molecule has 0 bridgehead atoms. The Labute approximate surface area is 211 Å². The highest BCUT2D eigenvalue weighted by molar-refractivity contribution is 7.91. The average Bonchev–Trinajstić information content (AvgIpc) is 3.40. The van der Waals surface area contributed by atoms with Crippen molar-refractivity contribution in [1.82, 2.24) is 9.29 Å². The number of rotatable bonds is 8. The van der Waals surface area contributed by atoms with Crippen LogP contribution < -0.4 is 4.90 Å². The number of nitrogens with zero attached hydrogens (tertiary/aromatic N) is 3. The van der Waals surface area contributed by atoms with Gasteiger partial charge in [0.25, 0.3) is 10.0 Å². The van der Waals surface area contributed by atoms with Crippen molar-refractivity contribution in [2.75, 3.05) is 31.1 Å². The Morgan fingerprint density at radius 2 is 1.89 bits per heavy atom. The van der Waals surface area contributed by atoms with Crippen LogP contribution in [-0.2, 0) is 27.0 Å². The molecule has 0 radical (unpaired) electrons. The summed E-state index contributed by atoms with van der Waals surface area (Å²) >= 11 is 1.15. The number of anilines is 1. The third-order valence-corrected chi connectivity index (χ3v) is 9.39. The van der Waals surface area contributed by atoms with E-state index >= 15 is 0 Å². The van der Waals surface area contributed by atoms with Crippen LogP contribution in [0.15, 0.2) is 70.5 Å². The van der Waals surface area contributed by atoms with Crippen molar-refractivity contribution >= 4 is 27.0 Å². The highest BCUT2D eigenvalue weighted by Crippen LogP contribution is 2.39. The largest absolute Gasteiger partial charge is 0.421 e. The zero-order valence-electron chi connectivity index (χ0n) is 19.4. The minimum atomic E-state index is -4.82. The van der Waals surface area contributed by atoms with E-state index in [2.05, 4.69) is 4.98 Å². The van der Waals surface area contributed by atoms with Crippen LogP contribution in [0.25, 0.3) is 0 Å². The first-order valence-electron chi connectivity index (χ1n) is 11.2. The Kier molecular flexibility index (Phi) is 7.72. The van der Waals surface area contributed by atoms with E-state index in [0.29, 0.717) is 19.2 Å². The lowest BCUT2D eigenvalue weighted by atomic mass is 9.95. The third-order valence-electron chi connectivity index (χ3n) is 6.15. The molecular formula is C24H26F3N3O4S2. The molecule has 2 aromatic heterocycles. The highest BCUT2D eigenvalue weighted by atomic mass is 32.2. The molecular weight excluding hydrogens is 515 g/mol. The van der Waals surface area contributed by atoms with Crippen molar-refractivity contribution < 1.29 is 31.4 Å². The number of benzene rings is 1. The van der Waals surface area contributed by atoms with Crippen LogP contribution in [0.5, 0.6) is 0 Å². The minimum absolute atomic E-state index is 0.148. The summed E-state index contributed by atoms with van der Waals surface area (Å²) in [5.74, 6) is 0. The summed E-state index contributed by atoms with van der Waals surface area (Å²) in [6, 6.07) is 12.0. The third kappa shape index (κ3) is 5.57. The van der Waals surface area contributed by atoms with Gasteiger partial charge in [-0.2, -0.15) is 17.5 Å². The van der Waals surface area contributed by atoms with Crippen LogP contribution >= 0.6 is 11.3 Å². The quantitative estimate of drug-likeness (QED) is 0.464. The Morgan fingerprint density at radius 3 is 2.50 bits per heavy atom. The van der Waals surface area contributed by atoms with Gasteiger partial charge in [-0.15, -0.1) is 11.3 Å². The van der Waals surface area contributed by atoms with Gasteiger partial charge < -0.3 is 14.7 Å². The molecule has 1 aliphatic rings. The van der Waals surface area contributed by atoms with Gasteiger partial charge in [0.15, 0.2) is 5.60 Å². The molecule has 1 aliphatic heterocycles. The zero-order chi connectivity index (χ0) is 26.0.